The Morgan fingerprint density at radius 1 is 1.33 bits per heavy atom. The number of fused-ring (bicyclic) bond motifs is 1. The Hall–Kier alpha value is -2.43. The Balaban J connectivity index is 1.87. The molecular formula is C16H16N2O3. The molecule has 1 aromatic heterocycles. The summed E-state index contributed by atoms with van der Waals surface area (Å²) in [6.07, 6.45) is 3.35. The van der Waals surface area contributed by atoms with Crippen molar-refractivity contribution in [3.8, 4) is 0 Å². The molecule has 1 aliphatic rings. The predicted octanol–water partition coefficient (Wildman–Crippen LogP) is 2.31. The Labute approximate surface area is 122 Å². The number of benzene rings is 1. The van der Waals surface area contributed by atoms with Crippen LogP contribution >= 0.6 is 0 Å². The van der Waals surface area contributed by atoms with Crippen molar-refractivity contribution in [2.45, 2.75) is 25.3 Å². The van der Waals surface area contributed by atoms with Gasteiger partial charge in [-0.15, -0.1) is 0 Å². The normalized spacial score (nSPS) is 18.1. The summed E-state index contributed by atoms with van der Waals surface area (Å²) in [7, 11) is 0. The second-order valence-corrected chi connectivity index (χ2v) is 5.30. The van der Waals surface area contributed by atoms with E-state index in [0.717, 1.165) is 23.7 Å². The fourth-order valence-electron chi connectivity index (χ4n) is 2.89. The summed E-state index contributed by atoms with van der Waals surface area (Å²) >= 11 is 0. The van der Waals surface area contributed by atoms with Crippen LogP contribution in [0.1, 0.15) is 29.6 Å². The number of carboxylic acid groups (broad SMARTS) is 1. The SMILES string of the molecule is O=C(O)CC1CCCN1C(=O)c1ccc2ncccc2c1. The molecule has 0 bridgehead atoms. The Morgan fingerprint density at radius 2 is 2.19 bits per heavy atom. The van der Waals surface area contributed by atoms with Crippen molar-refractivity contribution in [2.24, 2.45) is 0 Å². The van der Waals surface area contributed by atoms with Crippen molar-refractivity contribution < 1.29 is 14.7 Å². The first-order valence-corrected chi connectivity index (χ1v) is 7.03. The number of carbonyl (C=O) groups excluding carboxylic acids is 1. The highest BCUT2D eigenvalue weighted by Crippen LogP contribution is 2.23. The van der Waals surface area contributed by atoms with Gasteiger partial charge in [-0.2, -0.15) is 0 Å². The number of carbonyl (C=O) groups is 2. The molecule has 1 unspecified atom stereocenters. The Bertz CT molecular complexity index is 699. The molecule has 0 saturated carbocycles. The lowest BCUT2D eigenvalue weighted by Gasteiger charge is -2.23. The summed E-state index contributed by atoms with van der Waals surface area (Å²) in [6, 6.07) is 8.95. The van der Waals surface area contributed by atoms with Crippen molar-refractivity contribution in [3.05, 3.63) is 42.1 Å². The number of carboxylic acids is 1. The van der Waals surface area contributed by atoms with Gasteiger partial charge >= 0.3 is 5.97 Å². The molecule has 2 aromatic rings. The van der Waals surface area contributed by atoms with E-state index in [2.05, 4.69) is 4.98 Å². The number of rotatable bonds is 3. The van der Waals surface area contributed by atoms with E-state index in [0.29, 0.717) is 12.1 Å². The van der Waals surface area contributed by atoms with Crippen LogP contribution in [0.25, 0.3) is 10.9 Å². The van der Waals surface area contributed by atoms with E-state index in [1.807, 2.05) is 24.3 Å². The van der Waals surface area contributed by atoms with Crippen LogP contribution in [0.3, 0.4) is 0 Å². The molecule has 1 saturated heterocycles. The van der Waals surface area contributed by atoms with Crippen LogP contribution < -0.4 is 0 Å². The Kier molecular flexibility index (Phi) is 3.56. The van der Waals surface area contributed by atoms with Gasteiger partial charge in [0.05, 0.1) is 11.9 Å². The monoisotopic (exact) mass is 284 g/mol. The zero-order valence-electron chi connectivity index (χ0n) is 11.5. The van der Waals surface area contributed by atoms with Gasteiger partial charge in [-0.3, -0.25) is 14.6 Å². The predicted molar refractivity (Wildman–Crippen MR) is 78.1 cm³/mol. The third kappa shape index (κ3) is 2.72. The lowest BCUT2D eigenvalue weighted by atomic mass is 10.1. The molecule has 1 amide bonds. The number of likely N-dealkylation sites (tertiary alicyclic amines) is 1. The average molecular weight is 284 g/mol. The summed E-state index contributed by atoms with van der Waals surface area (Å²) in [5.41, 5.74) is 1.44. The van der Waals surface area contributed by atoms with Crippen molar-refractivity contribution in [2.75, 3.05) is 6.54 Å². The molecule has 1 fully saturated rings. The lowest BCUT2D eigenvalue weighted by Crippen LogP contribution is -2.36. The van der Waals surface area contributed by atoms with Crippen LogP contribution in [0.4, 0.5) is 0 Å². The average Bonchev–Trinajstić information content (AvgIpc) is 2.93. The van der Waals surface area contributed by atoms with Crippen LogP contribution in [-0.4, -0.2) is 39.5 Å². The van der Waals surface area contributed by atoms with E-state index >= 15 is 0 Å². The lowest BCUT2D eigenvalue weighted by molar-refractivity contribution is -0.137. The van der Waals surface area contributed by atoms with E-state index in [1.54, 1.807) is 17.2 Å². The van der Waals surface area contributed by atoms with Gasteiger partial charge < -0.3 is 10.0 Å². The second kappa shape index (κ2) is 5.52. The molecule has 2 heterocycles. The van der Waals surface area contributed by atoms with Crippen molar-refractivity contribution in [3.63, 3.8) is 0 Å². The number of hydrogen-bond donors (Lipinski definition) is 1. The van der Waals surface area contributed by atoms with Gasteiger partial charge in [-0.05, 0) is 37.1 Å². The molecular weight excluding hydrogens is 268 g/mol. The molecule has 108 valence electrons. The van der Waals surface area contributed by atoms with Crippen LogP contribution in [0, 0.1) is 0 Å². The summed E-state index contributed by atoms with van der Waals surface area (Å²) in [6.45, 7) is 0.627. The number of hydrogen-bond acceptors (Lipinski definition) is 3. The molecule has 1 aromatic carbocycles. The first kappa shape index (κ1) is 13.5. The number of aliphatic carboxylic acids is 1. The molecule has 5 nitrogen and oxygen atoms in total. The van der Waals surface area contributed by atoms with Crippen molar-refractivity contribution >= 4 is 22.8 Å². The van der Waals surface area contributed by atoms with Crippen LogP contribution in [0.2, 0.25) is 0 Å². The molecule has 1 aliphatic heterocycles. The summed E-state index contributed by atoms with van der Waals surface area (Å²) < 4.78 is 0. The number of amides is 1. The van der Waals surface area contributed by atoms with Gasteiger partial charge in [0, 0.05) is 29.7 Å². The van der Waals surface area contributed by atoms with Gasteiger partial charge in [-0.25, -0.2) is 0 Å². The fraction of sp³-hybridized carbons (Fsp3) is 0.312. The molecule has 0 spiro atoms. The van der Waals surface area contributed by atoms with E-state index < -0.39 is 5.97 Å². The first-order valence-electron chi connectivity index (χ1n) is 7.03. The maximum Gasteiger partial charge on any atom is 0.305 e. The second-order valence-electron chi connectivity index (χ2n) is 5.30. The third-order valence-electron chi connectivity index (χ3n) is 3.90. The molecule has 1 atom stereocenters. The fourth-order valence-corrected chi connectivity index (χ4v) is 2.89. The molecule has 0 radical (unpaired) electrons. The van der Waals surface area contributed by atoms with Crippen LogP contribution in [0.5, 0.6) is 0 Å². The highest BCUT2D eigenvalue weighted by molar-refractivity contribution is 5.98. The minimum Gasteiger partial charge on any atom is -0.481 e. The van der Waals surface area contributed by atoms with Gasteiger partial charge in [0.25, 0.3) is 5.91 Å². The largest absolute Gasteiger partial charge is 0.481 e. The molecule has 1 N–H and O–H groups in total. The molecule has 3 rings (SSSR count). The van der Waals surface area contributed by atoms with Crippen molar-refractivity contribution in [1.29, 1.82) is 0 Å². The standard InChI is InChI=1S/C16H16N2O3/c19-15(20)10-13-4-2-8-18(13)16(21)12-5-6-14-11(9-12)3-1-7-17-14/h1,3,5-7,9,13H,2,4,8,10H2,(H,19,20). The Morgan fingerprint density at radius 3 is 3.00 bits per heavy atom. The smallest absolute Gasteiger partial charge is 0.305 e. The molecule has 5 heteroatoms. The quantitative estimate of drug-likeness (QED) is 0.939. The molecule has 21 heavy (non-hydrogen) atoms. The van der Waals surface area contributed by atoms with Gasteiger partial charge in [0.15, 0.2) is 0 Å². The number of nitrogens with zero attached hydrogens (tertiary/aromatic N) is 2. The van der Waals surface area contributed by atoms with E-state index in [9.17, 15) is 9.59 Å². The van der Waals surface area contributed by atoms with E-state index in [-0.39, 0.29) is 18.4 Å². The van der Waals surface area contributed by atoms with Gasteiger partial charge in [0.1, 0.15) is 0 Å². The molecule has 0 aliphatic carbocycles. The first-order chi connectivity index (χ1) is 10.1. The highest BCUT2D eigenvalue weighted by atomic mass is 16.4. The number of pyridine rings is 1. The summed E-state index contributed by atoms with van der Waals surface area (Å²) in [5.74, 6) is -0.952. The topological polar surface area (TPSA) is 70.5 Å². The van der Waals surface area contributed by atoms with Crippen LogP contribution in [0.15, 0.2) is 36.5 Å². The summed E-state index contributed by atoms with van der Waals surface area (Å²) in [5, 5.41) is 9.85. The summed E-state index contributed by atoms with van der Waals surface area (Å²) in [4.78, 5) is 29.4. The maximum absolute atomic E-state index is 12.6. The van der Waals surface area contributed by atoms with Crippen LogP contribution in [-0.2, 0) is 4.79 Å². The minimum absolute atomic E-state index is 0.0148. The highest BCUT2D eigenvalue weighted by Gasteiger charge is 2.30. The number of aromatic nitrogens is 1. The van der Waals surface area contributed by atoms with Crippen molar-refractivity contribution in [1.82, 2.24) is 9.88 Å². The van der Waals surface area contributed by atoms with E-state index in [1.165, 1.54) is 0 Å². The van der Waals surface area contributed by atoms with E-state index in [4.69, 9.17) is 5.11 Å². The zero-order chi connectivity index (χ0) is 14.8. The van der Waals surface area contributed by atoms with Gasteiger partial charge in [0.2, 0.25) is 0 Å². The minimum atomic E-state index is -0.859. The van der Waals surface area contributed by atoms with Gasteiger partial charge in [-0.1, -0.05) is 6.07 Å². The maximum atomic E-state index is 12.6. The third-order valence-corrected chi connectivity index (χ3v) is 3.90. The zero-order valence-corrected chi connectivity index (χ0v) is 11.5.